The first-order chi connectivity index (χ1) is 14.1. The second kappa shape index (κ2) is 9.43. The molecule has 0 aromatic heterocycles. The average molecular weight is 448 g/mol. The molecule has 0 spiro atoms. The van der Waals surface area contributed by atoms with Crippen LogP contribution in [0.25, 0.3) is 0 Å². The zero-order chi connectivity index (χ0) is 21.9. The Morgan fingerprint density at radius 1 is 1.07 bits per heavy atom. The first-order valence-corrected chi connectivity index (χ1v) is 12.0. The molecule has 0 saturated carbocycles. The van der Waals surface area contributed by atoms with E-state index >= 15 is 0 Å². The van der Waals surface area contributed by atoms with E-state index < -0.39 is 16.1 Å². The number of anilines is 2. The lowest BCUT2D eigenvalue weighted by Gasteiger charge is -2.34. The van der Waals surface area contributed by atoms with Gasteiger partial charge in [0, 0.05) is 24.5 Å². The number of rotatable bonds is 5. The molecule has 1 aliphatic rings. The minimum atomic E-state index is -3.50. The van der Waals surface area contributed by atoms with Crippen molar-refractivity contribution in [2.75, 3.05) is 23.7 Å². The highest BCUT2D eigenvalue weighted by Crippen LogP contribution is 2.27. The van der Waals surface area contributed by atoms with Crippen molar-refractivity contribution in [3.8, 4) is 0 Å². The van der Waals surface area contributed by atoms with Gasteiger partial charge in [-0.15, -0.1) is 0 Å². The molecule has 2 aromatic carbocycles. The number of hydrogen-bond donors (Lipinski definition) is 3. The second-order valence-corrected chi connectivity index (χ2v) is 10.5. The Kier molecular flexibility index (Phi) is 7.13. The van der Waals surface area contributed by atoms with Crippen LogP contribution < -0.4 is 10.6 Å². The summed E-state index contributed by atoms with van der Waals surface area (Å²) in [4.78, 5) is 0.290. The summed E-state index contributed by atoms with van der Waals surface area (Å²) in [6, 6.07) is 14.0. The van der Waals surface area contributed by atoms with Crippen LogP contribution in [0, 0.1) is 11.8 Å². The lowest BCUT2D eigenvalue weighted by molar-refractivity contribution is 0.199. The maximum absolute atomic E-state index is 13.0. The van der Waals surface area contributed by atoms with Gasteiger partial charge in [-0.2, -0.15) is 4.31 Å². The smallest absolute Gasteiger partial charge is 0.243 e. The van der Waals surface area contributed by atoms with Gasteiger partial charge < -0.3 is 15.7 Å². The fraction of sp³-hybridized carbons (Fsp3) is 0.409. The van der Waals surface area contributed by atoms with Gasteiger partial charge in [0.05, 0.1) is 11.0 Å². The van der Waals surface area contributed by atoms with Gasteiger partial charge in [-0.3, -0.25) is 0 Å². The van der Waals surface area contributed by atoms with Crippen molar-refractivity contribution in [2.45, 2.75) is 38.2 Å². The summed E-state index contributed by atoms with van der Waals surface area (Å²) >= 11 is 5.35. The van der Waals surface area contributed by atoms with Crippen LogP contribution >= 0.6 is 12.2 Å². The quantitative estimate of drug-likeness (QED) is 0.596. The highest BCUT2D eigenvalue weighted by molar-refractivity contribution is 7.89. The Morgan fingerprint density at radius 2 is 1.67 bits per heavy atom. The summed E-state index contributed by atoms with van der Waals surface area (Å²) in [6.45, 7) is 7.01. The van der Waals surface area contributed by atoms with Gasteiger partial charge in [0.2, 0.25) is 10.0 Å². The molecule has 1 aliphatic heterocycles. The largest absolute Gasteiger partial charge is 0.389 e. The number of benzene rings is 2. The van der Waals surface area contributed by atoms with E-state index in [0.29, 0.717) is 35.7 Å². The molecule has 0 radical (unpaired) electrons. The molecule has 0 bridgehead atoms. The predicted octanol–water partition coefficient (Wildman–Crippen LogP) is 4.22. The van der Waals surface area contributed by atoms with Crippen molar-refractivity contribution >= 4 is 38.7 Å². The molecule has 1 saturated heterocycles. The highest BCUT2D eigenvalue weighted by atomic mass is 32.2. The molecule has 3 rings (SSSR count). The maximum atomic E-state index is 13.0. The Balaban J connectivity index is 1.65. The van der Waals surface area contributed by atoms with E-state index in [1.807, 2.05) is 24.3 Å². The van der Waals surface area contributed by atoms with E-state index in [9.17, 15) is 13.5 Å². The summed E-state index contributed by atoms with van der Waals surface area (Å²) < 4.78 is 27.6. The molecule has 0 amide bonds. The number of aliphatic hydroxyl groups is 1. The van der Waals surface area contributed by atoms with Crippen LogP contribution in [0.15, 0.2) is 53.4 Å². The zero-order valence-corrected chi connectivity index (χ0v) is 19.1. The van der Waals surface area contributed by atoms with Gasteiger partial charge in [0.25, 0.3) is 0 Å². The molecular formula is C22H29N3O3S2. The molecule has 30 heavy (non-hydrogen) atoms. The van der Waals surface area contributed by atoms with E-state index in [0.717, 1.165) is 17.7 Å². The van der Waals surface area contributed by atoms with Gasteiger partial charge in [-0.25, -0.2) is 8.42 Å². The second-order valence-electron chi connectivity index (χ2n) is 8.17. The molecule has 1 fully saturated rings. The van der Waals surface area contributed by atoms with Crippen LogP contribution in [-0.2, 0) is 10.0 Å². The number of nitrogens with one attached hydrogen (secondary N) is 2. The van der Waals surface area contributed by atoms with Gasteiger partial charge >= 0.3 is 0 Å². The minimum absolute atomic E-state index is 0.290. The number of nitrogens with zero attached hydrogens (tertiary/aromatic N) is 1. The average Bonchev–Trinajstić information content (AvgIpc) is 2.67. The molecule has 8 heteroatoms. The Labute approximate surface area is 184 Å². The fourth-order valence-electron chi connectivity index (χ4n) is 3.83. The van der Waals surface area contributed by atoms with Gasteiger partial charge in [0.15, 0.2) is 5.11 Å². The lowest BCUT2D eigenvalue weighted by Crippen LogP contribution is -2.42. The molecular weight excluding hydrogens is 418 g/mol. The molecule has 0 aliphatic carbocycles. The standard InChI is InChI=1S/C22H29N3O3S2/c1-15-11-16(2)14-25(13-15)30(27,28)21-9-7-19(8-10-21)23-22(29)24-20-6-4-5-18(12-20)17(3)26/h4-10,12,15-17,26H,11,13-14H2,1-3H3,(H2,23,24,29). The summed E-state index contributed by atoms with van der Waals surface area (Å²) in [7, 11) is -3.50. The van der Waals surface area contributed by atoms with Crippen molar-refractivity contribution in [1.29, 1.82) is 0 Å². The summed E-state index contributed by atoms with van der Waals surface area (Å²) in [5.74, 6) is 0.723. The van der Waals surface area contributed by atoms with Crippen molar-refractivity contribution in [1.82, 2.24) is 4.31 Å². The number of hydrogen-bond acceptors (Lipinski definition) is 4. The SMILES string of the molecule is CC1CC(C)CN(S(=O)(=O)c2ccc(NC(=S)Nc3cccc(C(C)O)c3)cc2)C1. The number of piperidine rings is 1. The Bertz CT molecular complexity index is 981. The molecule has 1 heterocycles. The van der Waals surface area contributed by atoms with Crippen molar-refractivity contribution in [3.63, 3.8) is 0 Å². The third-order valence-electron chi connectivity index (χ3n) is 5.21. The molecule has 3 atom stereocenters. The third kappa shape index (κ3) is 5.57. The normalized spacial score (nSPS) is 21.1. The van der Waals surface area contributed by atoms with Gasteiger partial charge in [0.1, 0.15) is 0 Å². The van der Waals surface area contributed by atoms with E-state index in [2.05, 4.69) is 24.5 Å². The van der Waals surface area contributed by atoms with Gasteiger partial charge in [-0.1, -0.05) is 26.0 Å². The molecule has 3 unspecified atom stereocenters. The van der Waals surface area contributed by atoms with Crippen molar-refractivity contribution < 1.29 is 13.5 Å². The minimum Gasteiger partial charge on any atom is -0.389 e. The number of aliphatic hydroxyl groups excluding tert-OH is 1. The molecule has 3 N–H and O–H groups in total. The molecule has 162 valence electrons. The van der Waals surface area contributed by atoms with Crippen LogP contribution in [0.1, 0.15) is 38.9 Å². The fourth-order valence-corrected chi connectivity index (χ4v) is 5.75. The number of thiocarbonyl (C=S) groups is 1. The molecule has 6 nitrogen and oxygen atoms in total. The monoisotopic (exact) mass is 447 g/mol. The van der Waals surface area contributed by atoms with E-state index in [-0.39, 0.29) is 4.90 Å². The Hall–Kier alpha value is -2.00. The summed E-state index contributed by atoms with van der Waals surface area (Å²) in [6.07, 6.45) is 0.494. The van der Waals surface area contributed by atoms with Crippen LogP contribution in [0.2, 0.25) is 0 Å². The number of sulfonamides is 1. The van der Waals surface area contributed by atoms with Crippen LogP contribution in [0.5, 0.6) is 0 Å². The lowest BCUT2D eigenvalue weighted by atomic mass is 9.94. The maximum Gasteiger partial charge on any atom is 0.243 e. The Morgan fingerprint density at radius 3 is 2.27 bits per heavy atom. The molecule has 2 aromatic rings. The highest BCUT2D eigenvalue weighted by Gasteiger charge is 2.31. The van der Waals surface area contributed by atoms with Crippen LogP contribution in [-0.4, -0.2) is 36.0 Å². The first kappa shape index (κ1) is 22.7. The van der Waals surface area contributed by atoms with Crippen molar-refractivity contribution in [2.24, 2.45) is 11.8 Å². The topological polar surface area (TPSA) is 81.7 Å². The van der Waals surface area contributed by atoms with Crippen LogP contribution in [0.3, 0.4) is 0 Å². The van der Waals surface area contributed by atoms with Crippen molar-refractivity contribution in [3.05, 3.63) is 54.1 Å². The van der Waals surface area contributed by atoms with E-state index in [1.54, 1.807) is 35.5 Å². The summed E-state index contributed by atoms with van der Waals surface area (Å²) in [5, 5.41) is 16.2. The first-order valence-electron chi connectivity index (χ1n) is 10.1. The van der Waals surface area contributed by atoms with E-state index in [4.69, 9.17) is 12.2 Å². The van der Waals surface area contributed by atoms with Crippen LogP contribution in [0.4, 0.5) is 11.4 Å². The van der Waals surface area contributed by atoms with E-state index in [1.165, 1.54) is 0 Å². The van der Waals surface area contributed by atoms with Gasteiger partial charge in [-0.05, 0) is 79.4 Å². The predicted molar refractivity (Wildman–Crippen MR) is 125 cm³/mol. The third-order valence-corrected chi connectivity index (χ3v) is 7.26. The zero-order valence-electron chi connectivity index (χ0n) is 17.5. The summed E-state index contributed by atoms with van der Waals surface area (Å²) in [5.41, 5.74) is 2.25.